The Morgan fingerprint density at radius 3 is 2.68 bits per heavy atom. The molecule has 0 unspecified atom stereocenters. The van der Waals surface area contributed by atoms with Gasteiger partial charge < -0.3 is 25.5 Å². The van der Waals surface area contributed by atoms with Gasteiger partial charge >= 0.3 is 0 Å². The average molecular weight is 561 g/mol. The minimum Gasteiger partial charge on any atom is -0.491 e. The first-order valence-electron chi connectivity index (χ1n) is 13.0. The predicted molar refractivity (Wildman–Crippen MR) is 147 cm³/mol. The van der Waals surface area contributed by atoms with E-state index in [1.165, 1.54) is 23.6 Å². The number of fused-ring (bicyclic) bond motifs is 1. The van der Waals surface area contributed by atoms with Gasteiger partial charge in [0.1, 0.15) is 29.0 Å². The quantitative estimate of drug-likeness (QED) is 0.356. The lowest BCUT2D eigenvalue weighted by Gasteiger charge is -2.32. The lowest BCUT2D eigenvalue weighted by molar-refractivity contribution is -0.0249. The number of H-pyrrole nitrogens is 1. The maximum Gasteiger partial charge on any atom is 0.266 e. The Labute approximate surface area is 227 Å². The van der Waals surface area contributed by atoms with E-state index < -0.39 is 22.0 Å². The van der Waals surface area contributed by atoms with Gasteiger partial charge in [0.15, 0.2) is 0 Å². The molecule has 1 saturated heterocycles. The van der Waals surface area contributed by atoms with Crippen molar-refractivity contribution in [1.29, 1.82) is 0 Å². The number of aromatic amines is 1. The number of nitrogens with zero attached hydrogens (tertiary/aromatic N) is 1. The Morgan fingerprint density at radius 1 is 1.18 bits per heavy atom. The average Bonchev–Trinajstić information content (AvgIpc) is 3.33. The molecule has 0 spiro atoms. The number of nitrogens with one attached hydrogen (secondary N) is 2. The van der Waals surface area contributed by atoms with E-state index >= 15 is 0 Å². The van der Waals surface area contributed by atoms with E-state index in [1.54, 1.807) is 12.1 Å². The summed E-state index contributed by atoms with van der Waals surface area (Å²) in [7, 11) is -4.13. The molecule has 1 aliphatic heterocycles. The zero-order valence-corrected chi connectivity index (χ0v) is 22.7. The highest BCUT2D eigenvalue weighted by atomic mass is 35.5. The van der Waals surface area contributed by atoms with Gasteiger partial charge in [-0.2, -0.15) is 4.31 Å². The van der Waals surface area contributed by atoms with Crippen molar-refractivity contribution in [3.05, 3.63) is 53.2 Å². The first-order valence-corrected chi connectivity index (χ1v) is 14.8. The highest BCUT2D eigenvalue weighted by molar-refractivity contribution is 7.89. The molecule has 1 aromatic heterocycles. The second kappa shape index (κ2) is 11.5. The smallest absolute Gasteiger partial charge is 0.266 e. The Balaban J connectivity index is 1.43. The summed E-state index contributed by atoms with van der Waals surface area (Å²) < 4.78 is 40.8. The van der Waals surface area contributed by atoms with Crippen LogP contribution < -0.4 is 15.8 Å². The van der Waals surface area contributed by atoms with Gasteiger partial charge in [-0.15, -0.1) is 0 Å². The largest absolute Gasteiger partial charge is 0.491 e. The van der Waals surface area contributed by atoms with Gasteiger partial charge in [-0.1, -0.05) is 49.1 Å². The molecule has 204 valence electrons. The number of para-hydroxylation sites is 1. The fourth-order valence-corrected chi connectivity index (χ4v) is 7.31. The number of hydrogen-bond donors (Lipinski definition) is 3. The zero-order chi connectivity index (χ0) is 26.7. The molecular weight excluding hydrogens is 528 g/mol. The standard InChI is InChI=1S/C27H33ClN4O5S/c28-19-13-22-24(23(14-19)30-15-18-7-3-1-4-8-18)31-25(27(29)33)26(22)38(34,35)32-11-12-36-21(16-32)17-37-20-9-5-2-6-10-20/h2,5-6,9-10,13-14,18,21,30-31H,1,3-4,7-8,11-12,15-17H2,(H2,29,33)/t21-/m0/s1. The first kappa shape index (κ1) is 26.8. The van der Waals surface area contributed by atoms with Crippen molar-refractivity contribution in [2.75, 3.05) is 38.2 Å². The van der Waals surface area contributed by atoms with Gasteiger partial charge in [0.25, 0.3) is 5.91 Å². The van der Waals surface area contributed by atoms with E-state index in [9.17, 15) is 13.2 Å². The number of aromatic nitrogens is 1. The van der Waals surface area contributed by atoms with E-state index in [2.05, 4.69) is 10.3 Å². The third-order valence-electron chi connectivity index (χ3n) is 7.26. The maximum atomic E-state index is 14.0. The van der Waals surface area contributed by atoms with Crippen LogP contribution in [-0.2, 0) is 14.8 Å². The number of nitrogens with two attached hydrogens (primary N) is 1. The minimum atomic E-state index is -4.13. The van der Waals surface area contributed by atoms with Gasteiger partial charge in [0, 0.05) is 30.0 Å². The highest BCUT2D eigenvalue weighted by Crippen LogP contribution is 2.37. The lowest BCUT2D eigenvalue weighted by Crippen LogP contribution is -2.47. The Morgan fingerprint density at radius 2 is 1.95 bits per heavy atom. The number of ether oxygens (including phenoxy) is 2. The SMILES string of the molecule is NC(=O)c1[nH]c2c(NCC3CCCCC3)cc(Cl)cc2c1S(=O)(=O)N1CCO[C@H](COc2ccccc2)C1. The van der Waals surface area contributed by atoms with Crippen molar-refractivity contribution in [2.24, 2.45) is 11.7 Å². The van der Waals surface area contributed by atoms with Gasteiger partial charge in [0.05, 0.1) is 17.8 Å². The number of rotatable bonds is 9. The number of benzene rings is 2. The summed E-state index contributed by atoms with van der Waals surface area (Å²) in [6.45, 7) is 1.35. The molecule has 1 atom stereocenters. The summed E-state index contributed by atoms with van der Waals surface area (Å²) in [6, 6.07) is 12.6. The number of carbonyl (C=O) groups is 1. The van der Waals surface area contributed by atoms with Crippen LogP contribution in [0.1, 0.15) is 42.6 Å². The topological polar surface area (TPSA) is 127 Å². The summed E-state index contributed by atoms with van der Waals surface area (Å²) in [6.07, 6.45) is 5.52. The van der Waals surface area contributed by atoms with Crippen molar-refractivity contribution in [1.82, 2.24) is 9.29 Å². The maximum absolute atomic E-state index is 14.0. The summed E-state index contributed by atoms with van der Waals surface area (Å²) in [5, 5.41) is 4.14. The van der Waals surface area contributed by atoms with Crippen LogP contribution in [0.2, 0.25) is 5.02 Å². The van der Waals surface area contributed by atoms with Crippen molar-refractivity contribution in [2.45, 2.75) is 43.1 Å². The van der Waals surface area contributed by atoms with E-state index in [-0.39, 0.29) is 36.9 Å². The molecule has 1 saturated carbocycles. The van der Waals surface area contributed by atoms with E-state index in [0.29, 0.717) is 33.3 Å². The summed E-state index contributed by atoms with van der Waals surface area (Å²) in [5.74, 6) is 0.355. The van der Waals surface area contributed by atoms with Crippen LogP contribution in [0.25, 0.3) is 10.9 Å². The Kier molecular flexibility index (Phi) is 8.13. The molecule has 0 bridgehead atoms. The predicted octanol–water partition coefficient (Wildman–Crippen LogP) is 4.38. The van der Waals surface area contributed by atoms with E-state index in [1.807, 2.05) is 30.3 Å². The minimum absolute atomic E-state index is 0.0768. The van der Waals surface area contributed by atoms with Crippen LogP contribution in [0, 0.1) is 5.92 Å². The molecule has 2 aromatic carbocycles. The van der Waals surface area contributed by atoms with Gasteiger partial charge in [-0.3, -0.25) is 4.79 Å². The third kappa shape index (κ3) is 5.78. The molecular formula is C27H33ClN4O5S. The van der Waals surface area contributed by atoms with E-state index in [4.69, 9.17) is 26.8 Å². The molecule has 5 rings (SSSR count). The summed E-state index contributed by atoms with van der Waals surface area (Å²) in [5.41, 5.74) is 6.66. The molecule has 4 N–H and O–H groups in total. The number of amides is 1. The van der Waals surface area contributed by atoms with Crippen LogP contribution in [0.5, 0.6) is 5.75 Å². The van der Waals surface area contributed by atoms with Crippen molar-refractivity contribution in [3.8, 4) is 5.75 Å². The van der Waals surface area contributed by atoms with Crippen molar-refractivity contribution < 1.29 is 22.7 Å². The lowest BCUT2D eigenvalue weighted by atomic mass is 9.89. The van der Waals surface area contributed by atoms with Crippen LogP contribution in [0.3, 0.4) is 0 Å². The molecule has 1 amide bonds. The van der Waals surface area contributed by atoms with Crippen LogP contribution in [-0.4, -0.2) is 62.6 Å². The van der Waals surface area contributed by atoms with Crippen LogP contribution in [0.15, 0.2) is 47.4 Å². The Hall–Kier alpha value is -2.79. The second-order valence-corrected chi connectivity index (χ2v) is 12.2. The highest BCUT2D eigenvalue weighted by Gasteiger charge is 2.36. The monoisotopic (exact) mass is 560 g/mol. The molecule has 3 aromatic rings. The third-order valence-corrected chi connectivity index (χ3v) is 9.43. The first-order chi connectivity index (χ1) is 18.3. The van der Waals surface area contributed by atoms with Gasteiger partial charge in [-0.05, 0) is 43.0 Å². The number of hydrogen-bond acceptors (Lipinski definition) is 6. The number of primary amides is 1. The normalized spacial score (nSPS) is 19.4. The zero-order valence-electron chi connectivity index (χ0n) is 21.1. The molecule has 2 fully saturated rings. The molecule has 1 aliphatic carbocycles. The van der Waals surface area contributed by atoms with Crippen LogP contribution in [0.4, 0.5) is 5.69 Å². The van der Waals surface area contributed by atoms with Crippen molar-refractivity contribution in [3.63, 3.8) is 0 Å². The number of anilines is 1. The molecule has 0 radical (unpaired) electrons. The number of halogens is 1. The van der Waals surface area contributed by atoms with Gasteiger partial charge in [0.2, 0.25) is 10.0 Å². The summed E-state index contributed by atoms with van der Waals surface area (Å²) >= 11 is 6.45. The van der Waals surface area contributed by atoms with E-state index in [0.717, 1.165) is 19.4 Å². The molecule has 9 nitrogen and oxygen atoms in total. The Bertz CT molecular complexity index is 1390. The molecule has 11 heteroatoms. The fourth-order valence-electron chi connectivity index (χ4n) is 5.31. The molecule has 2 heterocycles. The van der Waals surface area contributed by atoms with Gasteiger partial charge in [-0.25, -0.2) is 8.42 Å². The molecule has 38 heavy (non-hydrogen) atoms. The number of morpholine rings is 1. The number of sulfonamides is 1. The second-order valence-electron chi connectivity index (χ2n) is 9.93. The fraction of sp³-hybridized carbons (Fsp3) is 0.444. The number of carbonyl (C=O) groups excluding carboxylic acids is 1. The summed E-state index contributed by atoms with van der Waals surface area (Å²) in [4.78, 5) is 15.3. The molecule has 2 aliphatic rings. The van der Waals surface area contributed by atoms with Crippen LogP contribution >= 0.6 is 11.6 Å². The van der Waals surface area contributed by atoms with Crippen molar-refractivity contribution >= 4 is 44.1 Å².